The second-order valence-electron chi connectivity index (χ2n) is 7.09. The van der Waals surface area contributed by atoms with Gasteiger partial charge in [0.05, 0.1) is 6.54 Å². The van der Waals surface area contributed by atoms with Crippen molar-refractivity contribution in [1.82, 2.24) is 20.9 Å². The maximum atomic E-state index is 12.3. The van der Waals surface area contributed by atoms with Crippen molar-refractivity contribution < 1.29 is 18.8 Å². The predicted molar refractivity (Wildman–Crippen MR) is 94.2 cm³/mol. The molecule has 0 radical (unpaired) electrons. The summed E-state index contributed by atoms with van der Waals surface area (Å²) < 4.78 is 5.62. The number of rotatable bonds is 5. The Labute approximate surface area is 152 Å². The number of hydrogen-bond acceptors (Lipinski definition) is 5. The molecule has 2 aliphatic heterocycles. The van der Waals surface area contributed by atoms with Gasteiger partial charge in [0.15, 0.2) is 0 Å². The van der Waals surface area contributed by atoms with E-state index < -0.39 is 12.1 Å². The molecule has 3 N–H and O–H groups in total. The van der Waals surface area contributed by atoms with Crippen molar-refractivity contribution in [2.75, 3.05) is 19.6 Å². The van der Waals surface area contributed by atoms with Crippen LogP contribution in [0, 0.1) is 12.8 Å². The van der Waals surface area contributed by atoms with Crippen LogP contribution in [0.1, 0.15) is 37.2 Å². The summed E-state index contributed by atoms with van der Waals surface area (Å²) in [6, 6.07) is 2.74. The van der Waals surface area contributed by atoms with E-state index in [0.717, 1.165) is 44.0 Å². The molecule has 0 spiro atoms. The Kier molecular flexibility index (Phi) is 5.92. The minimum absolute atomic E-state index is 0.168. The lowest BCUT2D eigenvalue weighted by Gasteiger charge is -2.31. The second-order valence-corrected chi connectivity index (χ2v) is 7.09. The maximum Gasteiger partial charge on any atom is 0.322 e. The summed E-state index contributed by atoms with van der Waals surface area (Å²) in [7, 11) is 0. The van der Waals surface area contributed by atoms with Crippen LogP contribution < -0.4 is 16.0 Å². The number of imide groups is 1. The average Bonchev–Trinajstić information content (AvgIpc) is 2.93. The number of likely N-dealkylation sites (tertiary alicyclic amines) is 1. The highest BCUT2D eigenvalue weighted by Crippen LogP contribution is 2.19. The zero-order chi connectivity index (χ0) is 18.5. The normalized spacial score (nSPS) is 22.4. The molecule has 2 fully saturated rings. The SMILES string of the molecule is Cc1ccc(CN2CCC(CNC(=O)[C@@H]3CCC(=O)NC(=O)N3)CC2)o1. The molecule has 2 saturated heterocycles. The van der Waals surface area contributed by atoms with Crippen LogP contribution in [-0.4, -0.2) is 48.4 Å². The van der Waals surface area contributed by atoms with Crippen LogP contribution >= 0.6 is 0 Å². The highest BCUT2D eigenvalue weighted by molar-refractivity contribution is 5.98. The van der Waals surface area contributed by atoms with E-state index in [0.29, 0.717) is 18.9 Å². The summed E-state index contributed by atoms with van der Waals surface area (Å²) in [6.07, 6.45) is 2.51. The first kappa shape index (κ1) is 18.4. The number of amides is 4. The summed E-state index contributed by atoms with van der Waals surface area (Å²) >= 11 is 0. The number of nitrogens with zero attached hydrogens (tertiary/aromatic N) is 1. The van der Waals surface area contributed by atoms with Crippen LogP contribution in [-0.2, 0) is 16.1 Å². The summed E-state index contributed by atoms with van der Waals surface area (Å²) in [5.41, 5.74) is 0. The third kappa shape index (κ3) is 5.08. The van der Waals surface area contributed by atoms with Crippen LogP contribution in [0.15, 0.2) is 16.5 Å². The number of nitrogens with one attached hydrogen (secondary N) is 3. The van der Waals surface area contributed by atoms with Crippen molar-refractivity contribution in [3.05, 3.63) is 23.7 Å². The fourth-order valence-electron chi connectivity index (χ4n) is 3.43. The molecule has 26 heavy (non-hydrogen) atoms. The molecule has 8 nitrogen and oxygen atoms in total. The fraction of sp³-hybridized carbons (Fsp3) is 0.611. The second kappa shape index (κ2) is 8.35. The first-order valence-corrected chi connectivity index (χ1v) is 9.15. The van der Waals surface area contributed by atoms with E-state index in [4.69, 9.17) is 4.42 Å². The third-order valence-corrected chi connectivity index (χ3v) is 4.98. The van der Waals surface area contributed by atoms with E-state index >= 15 is 0 Å². The number of carbonyl (C=O) groups excluding carboxylic acids is 3. The van der Waals surface area contributed by atoms with Gasteiger partial charge in [0, 0.05) is 13.0 Å². The molecule has 2 aliphatic rings. The van der Waals surface area contributed by atoms with Gasteiger partial charge in [-0.05, 0) is 57.3 Å². The predicted octanol–water partition coefficient (Wildman–Crippen LogP) is 0.904. The monoisotopic (exact) mass is 362 g/mol. The Morgan fingerprint density at radius 3 is 2.73 bits per heavy atom. The number of urea groups is 1. The molecule has 1 aromatic rings. The van der Waals surface area contributed by atoms with Crippen molar-refractivity contribution >= 4 is 17.8 Å². The van der Waals surface area contributed by atoms with Crippen LogP contribution in [0.2, 0.25) is 0 Å². The Morgan fingerprint density at radius 1 is 1.27 bits per heavy atom. The van der Waals surface area contributed by atoms with Gasteiger partial charge >= 0.3 is 6.03 Å². The van der Waals surface area contributed by atoms with Gasteiger partial charge < -0.3 is 15.1 Å². The highest BCUT2D eigenvalue weighted by atomic mass is 16.3. The molecule has 8 heteroatoms. The average molecular weight is 362 g/mol. The standard InChI is InChI=1S/C18H26N4O4/c1-12-2-3-14(26-12)11-22-8-6-13(7-9-22)10-19-17(24)15-4-5-16(23)21-18(25)20-15/h2-3,13,15H,4-11H2,1H3,(H,19,24)(H2,20,21,23,25)/t15-/m0/s1. The third-order valence-electron chi connectivity index (χ3n) is 4.98. The van der Waals surface area contributed by atoms with E-state index in [1.165, 1.54) is 0 Å². The molecule has 1 aromatic heterocycles. The van der Waals surface area contributed by atoms with Gasteiger partial charge in [0.2, 0.25) is 11.8 Å². The van der Waals surface area contributed by atoms with E-state index in [-0.39, 0.29) is 18.2 Å². The lowest BCUT2D eigenvalue weighted by molar-refractivity contribution is -0.123. The molecule has 0 unspecified atom stereocenters. The molecule has 3 rings (SSSR count). The minimum Gasteiger partial charge on any atom is -0.465 e. The van der Waals surface area contributed by atoms with Gasteiger partial charge in [0.25, 0.3) is 0 Å². The maximum absolute atomic E-state index is 12.3. The number of hydrogen-bond donors (Lipinski definition) is 3. The van der Waals surface area contributed by atoms with Gasteiger partial charge in [-0.25, -0.2) is 4.79 Å². The van der Waals surface area contributed by atoms with Gasteiger partial charge in [-0.3, -0.25) is 19.8 Å². The molecule has 0 bridgehead atoms. The minimum atomic E-state index is -0.649. The summed E-state index contributed by atoms with van der Waals surface area (Å²) in [5, 5.41) is 7.63. The van der Waals surface area contributed by atoms with Crippen molar-refractivity contribution in [2.24, 2.45) is 5.92 Å². The van der Waals surface area contributed by atoms with E-state index in [1.54, 1.807) is 0 Å². The van der Waals surface area contributed by atoms with Crippen LogP contribution in [0.3, 0.4) is 0 Å². The fourth-order valence-corrected chi connectivity index (χ4v) is 3.43. The van der Waals surface area contributed by atoms with E-state index in [2.05, 4.69) is 20.9 Å². The zero-order valence-electron chi connectivity index (χ0n) is 15.0. The molecule has 1 atom stereocenters. The first-order valence-electron chi connectivity index (χ1n) is 9.15. The Morgan fingerprint density at radius 2 is 2.04 bits per heavy atom. The molecule has 0 aromatic carbocycles. The summed E-state index contributed by atoms with van der Waals surface area (Å²) in [5.74, 6) is 1.77. The van der Waals surface area contributed by atoms with E-state index in [9.17, 15) is 14.4 Å². The van der Waals surface area contributed by atoms with Crippen LogP contribution in [0.5, 0.6) is 0 Å². The van der Waals surface area contributed by atoms with Crippen LogP contribution in [0.25, 0.3) is 0 Å². The Balaban J connectivity index is 1.38. The van der Waals surface area contributed by atoms with Crippen molar-refractivity contribution in [3.63, 3.8) is 0 Å². The van der Waals surface area contributed by atoms with Gasteiger partial charge in [-0.2, -0.15) is 0 Å². The largest absolute Gasteiger partial charge is 0.465 e. The van der Waals surface area contributed by atoms with Crippen molar-refractivity contribution in [1.29, 1.82) is 0 Å². The van der Waals surface area contributed by atoms with Gasteiger partial charge in [-0.15, -0.1) is 0 Å². The summed E-state index contributed by atoms with van der Waals surface area (Å²) in [4.78, 5) is 37.4. The van der Waals surface area contributed by atoms with Gasteiger partial charge in [0.1, 0.15) is 17.6 Å². The first-order chi connectivity index (χ1) is 12.5. The molecule has 3 heterocycles. The molecule has 0 saturated carbocycles. The van der Waals surface area contributed by atoms with Crippen LogP contribution in [0.4, 0.5) is 4.79 Å². The number of furan rings is 1. The zero-order valence-corrected chi connectivity index (χ0v) is 15.0. The highest BCUT2D eigenvalue weighted by Gasteiger charge is 2.27. The molecular formula is C18H26N4O4. The van der Waals surface area contributed by atoms with Crippen molar-refractivity contribution in [3.8, 4) is 0 Å². The van der Waals surface area contributed by atoms with Crippen molar-refractivity contribution in [2.45, 2.75) is 45.2 Å². The number of aryl methyl sites for hydroxylation is 1. The number of carbonyl (C=O) groups is 3. The quantitative estimate of drug-likeness (QED) is 0.722. The molecule has 4 amide bonds. The lowest BCUT2D eigenvalue weighted by Crippen LogP contribution is -2.49. The molecule has 0 aliphatic carbocycles. The Hall–Kier alpha value is -2.35. The number of piperidine rings is 1. The lowest BCUT2D eigenvalue weighted by atomic mass is 9.96. The topological polar surface area (TPSA) is 104 Å². The smallest absolute Gasteiger partial charge is 0.322 e. The molecule has 142 valence electrons. The van der Waals surface area contributed by atoms with Gasteiger partial charge in [-0.1, -0.05) is 0 Å². The van der Waals surface area contributed by atoms with E-state index in [1.807, 2.05) is 19.1 Å². The summed E-state index contributed by atoms with van der Waals surface area (Å²) in [6.45, 7) is 5.31. The Bertz CT molecular complexity index is 664. The molecular weight excluding hydrogens is 336 g/mol.